The minimum atomic E-state index is -0.162. The highest BCUT2D eigenvalue weighted by molar-refractivity contribution is 7.14. The summed E-state index contributed by atoms with van der Waals surface area (Å²) in [6.07, 6.45) is 0. The molecular weight excluding hydrogens is 282 g/mol. The van der Waals surface area contributed by atoms with E-state index in [0.717, 1.165) is 10.4 Å². The molecule has 0 atom stereocenters. The van der Waals surface area contributed by atoms with Gasteiger partial charge in [0.05, 0.1) is 9.75 Å². The van der Waals surface area contributed by atoms with Gasteiger partial charge in [-0.3, -0.25) is 4.79 Å². The van der Waals surface area contributed by atoms with Gasteiger partial charge in [-0.25, -0.2) is 0 Å². The van der Waals surface area contributed by atoms with Gasteiger partial charge in [0, 0.05) is 6.54 Å². The van der Waals surface area contributed by atoms with Crippen molar-refractivity contribution >= 4 is 17.2 Å². The fourth-order valence-electron chi connectivity index (χ4n) is 2.96. The van der Waals surface area contributed by atoms with Crippen molar-refractivity contribution in [1.29, 1.82) is 0 Å². The zero-order chi connectivity index (χ0) is 15.8. The molecule has 0 aromatic carbocycles. The molecule has 4 heteroatoms. The largest absolute Gasteiger partial charge is 0.384 e. The Kier molecular flexibility index (Phi) is 4.19. The van der Waals surface area contributed by atoms with Gasteiger partial charge in [0.25, 0.3) is 5.91 Å². The molecule has 1 amide bonds. The monoisotopic (exact) mass is 305 g/mol. The molecule has 1 saturated carbocycles. The van der Waals surface area contributed by atoms with Crippen LogP contribution in [0.1, 0.15) is 47.8 Å². The van der Waals surface area contributed by atoms with Crippen LogP contribution in [0.25, 0.3) is 0 Å². The van der Waals surface area contributed by atoms with Crippen LogP contribution in [0, 0.1) is 35.5 Å². The first kappa shape index (κ1) is 16.1. The van der Waals surface area contributed by atoms with Crippen LogP contribution >= 0.6 is 11.3 Å². The molecular formula is C17H23NO2S. The van der Waals surface area contributed by atoms with Crippen molar-refractivity contribution in [2.75, 3.05) is 13.2 Å². The third kappa shape index (κ3) is 2.86. The number of hydrogen-bond donors (Lipinski definition) is 2. The van der Waals surface area contributed by atoms with Crippen LogP contribution in [0.15, 0.2) is 6.07 Å². The predicted octanol–water partition coefficient (Wildman–Crippen LogP) is 2.81. The molecule has 1 aliphatic carbocycles. The van der Waals surface area contributed by atoms with Gasteiger partial charge in [0.15, 0.2) is 0 Å². The molecule has 2 rings (SSSR count). The van der Waals surface area contributed by atoms with Gasteiger partial charge in [-0.2, -0.15) is 0 Å². The molecule has 1 aromatic rings. The molecule has 21 heavy (non-hydrogen) atoms. The number of aryl methyl sites for hydroxylation is 1. The summed E-state index contributed by atoms with van der Waals surface area (Å²) in [5, 5.41) is 11.8. The highest BCUT2D eigenvalue weighted by Crippen LogP contribution is 2.67. The van der Waals surface area contributed by atoms with Crippen molar-refractivity contribution < 1.29 is 9.90 Å². The average molecular weight is 305 g/mol. The van der Waals surface area contributed by atoms with Crippen LogP contribution in [0.4, 0.5) is 0 Å². The van der Waals surface area contributed by atoms with Crippen molar-refractivity contribution in [3.05, 3.63) is 21.4 Å². The second-order valence-corrected chi connectivity index (χ2v) is 7.84. The van der Waals surface area contributed by atoms with Crippen LogP contribution in [-0.2, 0) is 0 Å². The number of carbonyl (C=O) groups excluding carboxylic acids is 1. The molecule has 0 spiro atoms. The fourth-order valence-corrected chi connectivity index (χ4v) is 3.93. The first-order valence-electron chi connectivity index (χ1n) is 7.20. The molecule has 1 aromatic heterocycles. The van der Waals surface area contributed by atoms with Gasteiger partial charge in [0.1, 0.15) is 6.61 Å². The topological polar surface area (TPSA) is 49.3 Å². The molecule has 1 aliphatic rings. The number of thiophene rings is 1. The van der Waals surface area contributed by atoms with Gasteiger partial charge in [-0.1, -0.05) is 39.5 Å². The Morgan fingerprint density at radius 2 is 2.00 bits per heavy atom. The minimum Gasteiger partial charge on any atom is -0.384 e. The van der Waals surface area contributed by atoms with E-state index in [1.807, 2.05) is 13.0 Å². The third-order valence-corrected chi connectivity index (χ3v) is 6.36. The van der Waals surface area contributed by atoms with Crippen molar-refractivity contribution in [3.8, 4) is 11.8 Å². The van der Waals surface area contributed by atoms with E-state index in [1.165, 1.54) is 11.3 Å². The van der Waals surface area contributed by atoms with Gasteiger partial charge >= 0.3 is 0 Å². The highest BCUT2D eigenvalue weighted by Gasteiger charge is 2.64. The summed E-state index contributed by atoms with van der Waals surface area (Å²) in [7, 11) is 0. The second-order valence-electron chi connectivity index (χ2n) is 6.79. The summed E-state index contributed by atoms with van der Waals surface area (Å²) in [6, 6.07) is 1.87. The summed E-state index contributed by atoms with van der Waals surface area (Å²) in [5.41, 5.74) is 1.55. The fraction of sp³-hybridized carbons (Fsp3) is 0.588. The van der Waals surface area contributed by atoms with Crippen molar-refractivity contribution in [1.82, 2.24) is 5.32 Å². The average Bonchev–Trinajstić information content (AvgIpc) is 2.70. The standard InChI is InChI=1S/C17H23NO2S/c1-11-9-13(21-12(11)7-6-8-19)15(20)18-10-14-16(2,3)17(14,4)5/h9,14,19H,8,10H2,1-5H3,(H,18,20). The van der Waals surface area contributed by atoms with E-state index < -0.39 is 0 Å². The summed E-state index contributed by atoms with van der Waals surface area (Å²) < 4.78 is 0. The zero-order valence-corrected chi connectivity index (χ0v) is 14.1. The molecule has 3 nitrogen and oxygen atoms in total. The van der Waals surface area contributed by atoms with Gasteiger partial charge in [-0.15, -0.1) is 11.3 Å². The lowest BCUT2D eigenvalue weighted by molar-refractivity contribution is 0.0954. The van der Waals surface area contributed by atoms with Crippen molar-refractivity contribution in [2.24, 2.45) is 16.7 Å². The van der Waals surface area contributed by atoms with Gasteiger partial charge in [0.2, 0.25) is 0 Å². The quantitative estimate of drug-likeness (QED) is 0.844. The Hall–Kier alpha value is -1.31. The van der Waals surface area contributed by atoms with E-state index in [4.69, 9.17) is 5.11 Å². The van der Waals surface area contributed by atoms with Crippen molar-refractivity contribution in [3.63, 3.8) is 0 Å². The summed E-state index contributed by atoms with van der Waals surface area (Å²) >= 11 is 1.38. The Balaban J connectivity index is 1.99. The van der Waals surface area contributed by atoms with Crippen LogP contribution in [0.5, 0.6) is 0 Å². The number of rotatable bonds is 3. The molecule has 2 N–H and O–H groups in total. The lowest BCUT2D eigenvalue weighted by atomic mass is 10.0. The van der Waals surface area contributed by atoms with Crippen LogP contribution in [-0.4, -0.2) is 24.2 Å². The Morgan fingerprint density at radius 3 is 2.52 bits per heavy atom. The number of aliphatic hydroxyl groups excluding tert-OH is 1. The van der Waals surface area contributed by atoms with Crippen LogP contribution in [0.2, 0.25) is 0 Å². The van der Waals surface area contributed by atoms with Crippen LogP contribution < -0.4 is 5.32 Å². The molecule has 1 heterocycles. The molecule has 0 radical (unpaired) electrons. The minimum absolute atomic E-state index is 0.0290. The number of carbonyl (C=O) groups is 1. The second kappa shape index (κ2) is 5.47. The van der Waals surface area contributed by atoms with Crippen LogP contribution in [0.3, 0.4) is 0 Å². The van der Waals surface area contributed by atoms with Crippen molar-refractivity contribution in [2.45, 2.75) is 34.6 Å². The van der Waals surface area contributed by atoms with E-state index in [-0.39, 0.29) is 23.3 Å². The molecule has 1 fully saturated rings. The predicted molar refractivity (Wildman–Crippen MR) is 86.4 cm³/mol. The number of amides is 1. The third-order valence-electron chi connectivity index (χ3n) is 5.21. The lowest BCUT2D eigenvalue weighted by Gasteiger charge is -2.04. The maximum Gasteiger partial charge on any atom is 0.261 e. The number of hydrogen-bond acceptors (Lipinski definition) is 3. The maximum absolute atomic E-state index is 12.2. The van der Waals surface area contributed by atoms with E-state index in [0.29, 0.717) is 17.3 Å². The molecule has 0 aliphatic heterocycles. The Bertz CT molecular complexity index is 602. The first-order valence-corrected chi connectivity index (χ1v) is 8.02. The Labute approximate surface area is 130 Å². The van der Waals surface area contributed by atoms with E-state index in [9.17, 15) is 4.79 Å². The van der Waals surface area contributed by atoms with Gasteiger partial charge < -0.3 is 10.4 Å². The zero-order valence-electron chi connectivity index (χ0n) is 13.3. The molecule has 114 valence electrons. The van der Waals surface area contributed by atoms with E-state index in [2.05, 4.69) is 44.9 Å². The van der Waals surface area contributed by atoms with Gasteiger partial charge in [-0.05, 0) is 35.3 Å². The summed E-state index contributed by atoms with van der Waals surface area (Å²) in [4.78, 5) is 13.8. The lowest BCUT2D eigenvalue weighted by Crippen LogP contribution is -2.26. The normalized spacial score (nSPS) is 18.8. The van der Waals surface area contributed by atoms with E-state index in [1.54, 1.807) is 0 Å². The highest BCUT2D eigenvalue weighted by atomic mass is 32.1. The SMILES string of the molecule is Cc1cc(C(=O)NCC2C(C)(C)C2(C)C)sc1C#CCO. The first-order chi connectivity index (χ1) is 9.71. The molecule has 0 bridgehead atoms. The molecule has 0 unspecified atom stereocenters. The number of aliphatic hydroxyl groups is 1. The Morgan fingerprint density at radius 1 is 1.38 bits per heavy atom. The maximum atomic E-state index is 12.2. The summed E-state index contributed by atoms with van der Waals surface area (Å²) in [5.74, 6) is 5.99. The smallest absolute Gasteiger partial charge is 0.261 e. The molecule has 0 saturated heterocycles. The summed E-state index contributed by atoms with van der Waals surface area (Å²) in [6.45, 7) is 11.5. The number of nitrogens with one attached hydrogen (secondary N) is 1. The van der Waals surface area contributed by atoms with E-state index >= 15 is 0 Å².